The van der Waals surface area contributed by atoms with E-state index in [0.29, 0.717) is 6.61 Å². The maximum atomic E-state index is 13.3. The lowest BCUT2D eigenvalue weighted by molar-refractivity contribution is -0.137. The molecule has 0 aliphatic rings. The maximum absolute atomic E-state index is 13.3. The number of rotatable bonds is 10. The molecule has 17 heavy (non-hydrogen) atoms. The van der Waals surface area contributed by atoms with Gasteiger partial charge in [-0.2, -0.15) is 0 Å². The van der Waals surface area contributed by atoms with Crippen LogP contribution in [0.3, 0.4) is 0 Å². The van der Waals surface area contributed by atoms with E-state index < -0.39 is 8.41 Å². The third-order valence-corrected chi connectivity index (χ3v) is 4.12. The van der Waals surface area contributed by atoms with Crippen molar-refractivity contribution in [2.75, 3.05) is 6.61 Å². The van der Waals surface area contributed by atoms with E-state index in [2.05, 4.69) is 6.58 Å². The molecule has 0 spiro atoms. The van der Waals surface area contributed by atoms with E-state index in [0.717, 1.165) is 44.6 Å². The molecule has 0 unspecified atom stereocenters. The van der Waals surface area contributed by atoms with E-state index in [-0.39, 0.29) is 5.97 Å². The summed E-state index contributed by atoms with van der Waals surface area (Å²) < 4.78 is 18.1. The molecule has 0 heterocycles. The Hall–Kier alpha value is -0.643. The molecule has 0 aliphatic carbocycles. The number of hydrogen-bond acceptors (Lipinski definition) is 2. The highest BCUT2D eigenvalue weighted by Crippen LogP contribution is 2.16. The molecule has 0 saturated carbocycles. The van der Waals surface area contributed by atoms with Gasteiger partial charge in [0.15, 0.2) is 0 Å². The lowest BCUT2D eigenvalue weighted by Crippen LogP contribution is -2.16. The highest BCUT2D eigenvalue weighted by Gasteiger charge is 2.18. The van der Waals surface area contributed by atoms with Crippen LogP contribution in [0.25, 0.3) is 0 Å². The van der Waals surface area contributed by atoms with E-state index >= 15 is 0 Å². The normalized spacial score (nSPS) is 11.2. The van der Waals surface area contributed by atoms with Gasteiger partial charge in [0.2, 0.25) is 8.41 Å². The van der Waals surface area contributed by atoms with Crippen molar-refractivity contribution < 1.29 is 13.6 Å². The summed E-state index contributed by atoms with van der Waals surface area (Å²) in [7, 11) is -2.32. The Kier molecular flexibility index (Phi) is 9.04. The number of ether oxygens (including phenoxy) is 1. The van der Waals surface area contributed by atoms with Crippen LogP contribution in [0.2, 0.25) is 19.1 Å². The van der Waals surface area contributed by atoms with Crippen LogP contribution in [0.4, 0.5) is 4.11 Å². The third kappa shape index (κ3) is 13.3. The van der Waals surface area contributed by atoms with Crippen LogP contribution < -0.4 is 0 Å². The minimum atomic E-state index is -2.32. The Morgan fingerprint density at radius 3 is 2.24 bits per heavy atom. The van der Waals surface area contributed by atoms with Gasteiger partial charge in [-0.05, 0) is 25.6 Å². The van der Waals surface area contributed by atoms with Crippen LogP contribution in [0.5, 0.6) is 0 Å². The van der Waals surface area contributed by atoms with Crippen molar-refractivity contribution in [3.8, 4) is 0 Å². The summed E-state index contributed by atoms with van der Waals surface area (Å²) in [5.74, 6) is -0.347. The molecule has 0 amide bonds. The zero-order valence-corrected chi connectivity index (χ0v) is 12.1. The molecule has 0 N–H and O–H groups in total. The molecule has 0 aromatic rings. The van der Waals surface area contributed by atoms with Crippen LogP contribution in [-0.4, -0.2) is 21.0 Å². The fraction of sp³-hybridized carbons (Fsp3) is 0.769. The molecule has 0 rings (SSSR count). The lowest BCUT2D eigenvalue weighted by Gasteiger charge is -2.09. The van der Waals surface area contributed by atoms with E-state index in [1.807, 2.05) is 0 Å². The maximum Gasteiger partial charge on any atom is 0.330 e. The summed E-state index contributed by atoms with van der Waals surface area (Å²) >= 11 is 0. The number of unbranched alkanes of at least 4 members (excludes halogenated alkanes) is 5. The van der Waals surface area contributed by atoms with Crippen molar-refractivity contribution in [1.29, 1.82) is 0 Å². The van der Waals surface area contributed by atoms with Crippen LogP contribution in [0.15, 0.2) is 12.7 Å². The number of halogens is 1. The fourth-order valence-electron chi connectivity index (χ4n) is 1.59. The smallest absolute Gasteiger partial charge is 0.330 e. The molecular formula is C13H25FO2Si. The minimum Gasteiger partial charge on any atom is -0.463 e. The molecule has 0 aromatic carbocycles. The second kappa shape index (κ2) is 9.39. The zero-order chi connectivity index (χ0) is 13.1. The molecule has 0 radical (unpaired) electrons. The first-order chi connectivity index (χ1) is 7.95. The number of carbonyl (C=O) groups excluding carboxylic acids is 1. The Morgan fingerprint density at radius 1 is 1.18 bits per heavy atom. The second-order valence-electron chi connectivity index (χ2n) is 4.96. The van der Waals surface area contributed by atoms with E-state index in [9.17, 15) is 8.90 Å². The number of hydrogen-bond donors (Lipinski definition) is 0. The first-order valence-electron chi connectivity index (χ1n) is 6.44. The summed E-state index contributed by atoms with van der Waals surface area (Å²) in [5, 5.41) is 0. The lowest BCUT2D eigenvalue weighted by atomic mass is 10.1. The van der Waals surface area contributed by atoms with Crippen LogP contribution in [0.1, 0.15) is 38.5 Å². The number of carbonyl (C=O) groups is 1. The first-order valence-corrected chi connectivity index (χ1v) is 9.52. The van der Waals surface area contributed by atoms with Crippen molar-refractivity contribution in [3.63, 3.8) is 0 Å². The third-order valence-electron chi connectivity index (χ3n) is 2.58. The standard InChI is InChI=1S/C13H25FO2Si/c1-4-13(15)16-11-9-7-5-6-8-10-12-17(2,3)14/h4H,1,5-12H2,2-3H3. The van der Waals surface area contributed by atoms with Gasteiger partial charge in [0.25, 0.3) is 0 Å². The molecular weight excluding hydrogens is 235 g/mol. The highest BCUT2D eigenvalue weighted by molar-refractivity contribution is 6.70. The monoisotopic (exact) mass is 260 g/mol. The van der Waals surface area contributed by atoms with E-state index in [1.54, 1.807) is 13.1 Å². The second-order valence-corrected chi connectivity index (χ2v) is 8.90. The van der Waals surface area contributed by atoms with Gasteiger partial charge in [0.1, 0.15) is 0 Å². The SMILES string of the molecule is C=CC(=O)OCCCCCCCC[Si](C)(C)F. The van der Waals surface area contributed by atoms with Crippen molar-refractivity contribution in [3.05, 3.63) is 12.7 Å². The minimum absolute atomic E-state index is 0.347. The Labute approximate surface area is 105 Å². The Morgan fingerprint density at radius 2 is 1.71 bits per heavy atom. The number of esters is 1. The van der Waals surface area contributed by atoms with Gasteiger partial charge in [-0.1, -0.05) is 38.7 Å². The summed E-state index contributed by atoms with van der Waals surface area (Å²) in [6.07, 6.45) is 7.58. The van der Waals surface area contributed by atoms with Crippen LogP contribution in [0, 0.1) is 0 Å². The topological polar surface area (TPSA) is 26.3 Å². The van der Waals surface area contributed by atoms with Gasteiger partial charge >= 0.3 is 5.97 Å². The van der Waals surface area contributed by atoms with Crippen molar-refractivity contribution in [2.45, 2.75) is 57.7 Å². The fourth-order valence-corrected chi connectivity index (χ4v) is 2.68. The summed E-state index contributed by atoms with van der Waals surface area (Å²) in [4.78, 5) is 10.7. The van der Waals surface area contributed by atoms with E-state index in [4.69, 9.17) is 4.74 Å². The first kappa shape index (κ1) is 16.4. The van der Waals surface area contributed by atoms with Gasteiger partial charge in [-0.15, -0.1) is 0 Å². The Bertz CT molecular complexity index is 224. The summed E-state index contributed by atoms with van der Waals surface area (Å²) in [6, 6.07) is 0.782. The molecule has 0 aromatic heterocycles. The molecule has 100 valence electrons. The highest BCUT2D eigenvalue weighted by atomic mass is 28.4. The average Bonchev–Trinajstić information content (AvgIpc) is 2.25. The average molecular weight is 260 g/mol. The zero-order valence-electron chi connectivity index (χ0n) is 11.1. The summed E-state index contributed by atoms with van der Waals surface area (Å²) in [5.41, 5.74) is 0. The largest absolute Gasteiger partial charge is 0.463 e. The van der Waals surface area contributed by atoms with Crippen molar-refractivity contribution in [2.24, 2.45) is 0 Å². The molecule has 0 atom stereocenters. The quantitative estimate of drug-likeness (QED) is 0.193. The molecule has 4 heteroatoms. The van der Waals surface area contributed by atoms with Gasteiger partial charge in [-0.3, -0.25) is 0 Å². The van der Waals surface area contributed by atoms with Gasteiger partial charge in [0.05, 0.1) is 6.61 Å². The van der Waals surface area contributed by atoms with Crippen LogP contribution in [-0.2, 0) is 9.53 Å². The Balaban J connectivity index is 3.14. The molecule has 0 fully saturated rings. The molecule has 2 nitrogen and oxygen atoms in total. The van der Waals surface area contributed by atoms with E-state index in [1.165, 1.54) is 6.08 Å². The molecule has 0 bridgehead atoms. The molecule has 0 saturated heterocycles. The molecule has 0 aliphatic heterocycles. The van der Waals surface area contributed by atoms with Gasteiger partial charge in [0, 0.05) is 6.08 Å². The van der Waals surface area contributed by atoms with Crippen molar-refractivity contribution in [1.82, 2.24) is 0 Å². The van der Waals surface area contributed by atoms with Gasteiger partial charge in [-0.25, -0.2) is 4.79 Å². The van der Waals surface area contributed by atoms with Crippen molar-refractivity contribution >= 4 is 14.4 Å². The predicted molar refractivity (Wildman–Crippen MR) is 72.3 cm³/mol. The predicted octanol–water partition coefficient (Wildman–Crippen LogP) is 4.23. The van der Waals surface area contributed by atoms with Crippen LogP contribution >= 0.6 is 0 Å². The van der Waals surface area contributed by atoms with Gasteiger partial charge < -0.3 is 8.84 Å². The summed E-state index contributed by atoms with van der Waals surface area (Å²) in [6.45, 7) is 7.34.